The Morgan fingerprint density at radius 1 is 1.07 bits per heavy atom. The highest BCUT2D eigenvalue weighted by Gasteiger charge is 2.18. The quantitative estimate of drug-likeness (QED) is 0.562. The van der Waals surface area contributed by atoms with Gasteiger partial charge in [0.15, 0.2) is 11.0 Å². The number of thioether (sulfide) groups is 1. The number of benzene rings is 2. The number of halogens is 1. The zero-order chi connectivity index (χ0) is 21.5. The average Bonchev–Trinajstić information content (AvgIpc) is 3.16. The summed E-state index contributed by atoms with van der Waals surface area (Å²) in [4.78, 5) is 23.9. The third kappa shape index (κ3) is 5.66. The van der Waals surface area contributed by atoms with Gasteiger partial charge in [-0.05, 0) is 30.2 Å². The first kappa shape index (κ1) is 21.5. The number of urea groups is 1. The molecule has 1 aromatic heterocycles. The molecule has 2 N–H and O–H groups in total. The number of amides is 3. The van der Waals surface area contributed by atoms with E-state index in [1.165, 1.54) is 12.1 Å². The molecule has 0 bridgehead atoms. The van der Waals surface area contributed by atoms with Gasteiger partial charge >= 0.3 is 6.03 Å². The van der Waals surface area contributed by atoms with Crippen LogP contribution in [0.4, 0.5) is 9.18 Å². The van der Waals surface area contributed by atoms with Crippen LogP contribution >= 0.6 is 11.8 Å². The SMILES string of the molecule is CC(C)CNC(=O)NC(=O)CSc1nnc(-c2ccccc2)n1-c1ccc(F)cc1. The maximum Gasteiger partial charge on any atom is 0.321 e. The first-order valence-electron chi connectivity index (χ1n) is 9.41. The van der Waals surface area contributed by atoms with Gasteiger partial charge in [-0.15, -0.1) is 10.2 Å². The van der Waals surface area contributed by atoms with Crippen LogP contribution < -0.4 is 10.6 Å². The molecule has 0 aliphatic rings. The second-order valence-corrected chi connectivity index (χ2v) is 7.87. The molecular weight excluding hydrogens is 405 g/mol. The Morgan fingerprint density at radius 2 is 1.77 bits per heavy atom. The Kier molecular flexibility index (Phi) is 7.18. The van der Waals surface area contributed by atoms with Crippen molar-refractivity contribution in [2.24, 2.45) is 5.92 Å². The van der Waals surface area contributed by atoms with E-state index >= 15 is 0 Å². The van der Waals surface area contributed by atoms with Gasteiger partial charge in [0.1, 0.15) is 5.82 Å². The standard InChI is InChI=1S/C21H22FN5O2S/c1-14(2)12-23-20(29)24-18(28)13-30-21-26-25-19(15-6-4-3-5-7-15)27(21)17-10-8-16(22)9-11-17/h3-11,14H,12-13H2,1-2H3,(H2,23,24,28,29). The minimum atomic E-state index is -0.528. The van der Waals surface area contributed by atoms with Crippen LogP contribution in [0.3, 0.4) is 0 Å². The molecule has 1 heterocycles. The second kappa shape index (κ2) is 10.0. The zero-order valence-corrected chi connectivity index (χ0v) is 17.4. The normalized spacial score (nSPS) is 10.8. The molecule has 156 valence electrons. The molecule has 0 spiro atoms. The number of carbonyl (C=O) groups is 2. The minimum absolute atomic E-state index is 0.0246. The molecule has 3 amide bonds. The summed E-state index contributed by atoms with van der Waals surface area (Å²) in [5.74, 6) is 0.0272. The molecule has 0 saturated carbocycles. The second-order valence-electron chi connectivity index (χ2n) is 6.92. The van der Waals surface area contributed by atoms with Crippen LogP contribution in [0.15, 0.2) is 59.8 Å². The molecule has 3 rings (SSSR count). The van der Waals surface area contributed by atoms with Crippen LogP contribution in [-0.2, 0) is 4.79 Å². The molecule has 0 aliphatic carbocycles. The van der Waals surface area contributed by atoms with E-state index in [0.717, 1.165) is 17.3 Å². The van der Waals surface area contributed by atoms with Crippen molar-refractivity contribution >= 4 is 23.7 Å². The number of aromatic nitrogens is 3. The van der Waals surface area contributed by atoms with Gasteiger partial charge in [-0.25, -0.2) is 9.18 Å². The van der Waals surface area contributed by atoms with Gasteiger partial charge in [0, 0.05) is 17.8 Å². The van der Waals surface area contributed by atoms with Crippen molar-refractivity contribution in [1.29, 1.82) is 0 Å². The molecule has 2 aromatic carbocycles. The zero-order valence-electron chi connectivity index (χ0n) is 16.6. The molecule has 0 fully saturated rings. The summed E-state index contributed by atoms with van der Waals surface area (Å²) in [5.41, 5.74) is 1.50. The van der Waals surface area contributed by atoms with Crippen molar-refractivity contribution in [2.45, 2.75) is 19.0 Å². The van der Waals surface area contributed by atoms with Gasteiger partial charge < -0.3 is 5.32 Å². The fraction of sp³-hybridized carbons (Fsp3) is 0.238. The van der Waals surface area contributed by atoms with E-state index in [4.69, 9.17) is 0 Å². The van der Waals surface area contributed by atoms with Crippen molar-refractivity contribution in [2.75, 3.05) is 12.3 Å². The number of imide groups is 1. The molecule has 0 aliphatic heterocycles. The van der Waals surface area contributed by atoms with Crippen LogP contribution in [0.1, 0.15) is 13.8 Å². The molecule has 9 heteroatoms. The predicted octanol–water partition coefficient (Wildman–Crippen LogP) is 3.65. The highest BCUT2D eigenvalue weighted by Crippen LogP contribution is 2.27. The molecule has 3 aromatic rings. The first-order valence-corrected chi connectivity index (χ1v) is 10.4. The lowest BCUT2D eigenvalue weighted by atomic mass is 10.2. The molecule has 0 unspecified atom stereocenters. The van der Waals surface area contributed by atoms with Crippen LogP contribution in [0.25, 0.3) is 17.1 Å². The van der Waals surface area contributed by atoms with Crippen molar-refractivity contribution in [1.82, 2.24) is 25.4 Å². The number of hydrogen-bond donors (Lipinski definition) is 2. The number of rotatable bonds is 7. The smallest absolute Gasteiger partial charge is 0.321 e. The Bertz CT molecular complexity index is 1010. The van der Waals surface area contributed by atoms with Crippen LogP contribution in [0.5, 0.6) is 0 Å². The first-order chi connectivity index (χ1) is 14.4. The van der Waals surface area contributed by atoms with Gasteiger partial charge in [0.25, 0.3) is 0 Å². The number of nitrogens with one attached hydrogen (secondary N) is 2. The maximum atomic E-state index is 13.4. The Morgan fingerprint density at radius 3 is 2.43 bits per heavy atom. The summed E-state index contributed by atoms with van der Waals surface area (Å²) in [6, 6.07) is 14.9. The number of carbonyl (C=O) groups excluding carboxylic acids is 2. The minimum Gasteiger partial charge on any atom is -0.338 e. The Labute approximate surface area is 178 Å². The van der Waals surface area contributed by atoms with E-state index in [1.807, 2.05) is 44.2 Å². The third-order valence-electron chi connectivity index (χ3n) is 4.01. The summed E-state index contributed by atoms with van der Waals surface area (Å²) in [6.07, 6.45) is 0. The topological polar surface area (TPSA) is 88.9 Å². The molecule has 0 radical (unpaired) electrons. The Hall–Kier alpha value is -3.20. The molecule has 0 atom stereocenters. The molecule has 7 nitrogen and oxygen atoms in total. The summed E-state index contributed by atoms with van der Waals surface area (Å²) in [7, 11) is 0. The van der Waals surface area contributed by atoms with Crippen molar-refractivity contribution in [3.8, 4) is 17.1 Å². The number of nitrogens with zero attached hydrogens (tertiary/aromatic N) is 3. The Balaban J connectivity index is 1.78. The van der Waals surface area contributed by atoms with Crippen LogP contribution in [-0.4, -0.2) is 39.0 Å². The summed E-state index contributed by atoms with van der Waals surface area (Å²) >= 11 is 1.14. The van der Waals surface area contributed by atoms with E-state index < -0.39 is 11.9 Å². The van der Waals surface area contributed by atoms with Gasteiger partial charge in [-0.3, -0.25) is 14.7 Å². The van der Waals surface area contributed by atoms with Gasteiger partial charge in [0.2, 0.25) is 5.91 Å². The average molecular weight is 428 g/mol. The predicted molar refractivity (Wildman–Crippen MR) is 114 cm³/mol. The van der Waals surface area contributed by atoms with E-state index in [9.17, 15) is 14.0 Å². The lowest BCUT2D eigenvalue weighted by molar-refractivity contribution is -0.117. The highest BCUT2D eigenvalue weighted by atomic mass is 32.2. The van der Waals surface area contributed by atoms with E-state index in [0.29, 0.717) is 23.2 Å². The maximum absolute atomic E-state index is 13.4. The van der Waals surface area contributed by atoms with Gasteiger partial charge in [-0.2, -0.15) is 0 Å². The van der Waals surface area contributed by atoms with Crippen molar-refractivity contribution in [3.63, 3.8) is 0 Å². The fourth-order valence-corrected chi connectivity index (χ4v) is 3.35. The molecular formula is C21H22FN5O2S. The molecule has 30 heavy (non-hydrogen) atoms. The van der Waals surface area contributed by atoms with Gasteiger partial charge in [-0.1, -0.05) is 55.9 Å². The lowest BCUT2D eigenvalue weighted by Gasteiger charge is -2.11. The van der Waals surface area contributed by atoms with Crippen molar-refractivity contribution < 1.29 is 14.0 Å². The van der Waals surface area contributed by atoms with Crippen molar-refractivity contribution in [3.05, 3.63) is 60.4 Å². The number of hydrogen-bond acceptors (Lipinski definition) is 5. The summed E-state index contributed by atoms with van der Waals surface area (Å²) < 4.78 is 15.2. The lowest BCUT2D eigenvalue weighted by Crippen LogP contribution is -2.41. The monoisotopic (exact) mass is 427 g/mol. The third-order valence-corrected chi connectivity index (χ3v) is 4.94. The van der Waals surface area contributed by atoms with E-state index in [2.05, 4.69) is 20.8 Å². The van der Waals surface area contributed by atoms with Gasteiger partial charge in [0.05, 0.1) is 5.75 Å². The van der Waals surface area contributed by atoms with E-state index in [-0.39, 0.29) is 17.5 Å². The molecule has 0 saturated heterocycles. The summed E-state index contributed by atoms with van der Waals surface area (Å²) in [6.45, 7) is 4.40. The highest BCUT2D eigenvalue weighted by molar-refractivity contribution is 7.99. The van der Waals surface area contributed by atoms with E-state index in [1.54, 1.807) is 16.7 Å². The summed E-state index contributed by atoms with van der Waals surface area (Å²) in [5, 5.41) is 13.8. The van der Waals surface area contributed by atoms with Crippen LogP contribution in [0, 0.1) is 11.7 Å². The largest absolute Gasteiger partial charge is 0.338 e. The fourth-order valence-electron chi connectivity index (χ4n) is 2.59. The van der Waals surface area contributed by atoms with Crippen LogP contribution in [0.2, 0.25) is 0 Å².